The Balaban J connectivity index is 2.01. The quantitative estimate of drug-likeness (QED) is 0.762. The van der Waals surface area contributed by atoms with Gasteiger partial charge in [-0.25, -0.2) is 0 Å². The van der Waals surface area contributed by atoms with Gasteiger partial charge < -0.3 is 4.90 Å². The summed E-state index contributed by atoms with van der Waals surface area (Å²) in [5.74, 6) is 0.325. The lowest BCUT2D eigenvalue weighted by Gasteiger charge is -2.23. The largest absolute Gasteiger partial charge is 0.325 e. The Bertz CT molecular complexity index is 253. The van der Waals surface area contributed by atoms with Crippen molar-refractivity contribution in [2.45, 2.75) is 43.6 Å². The highest BCUT2D eigenvalue weighted by atomic mass is 32.2. The molecule has 0 radical (unpaired) electrons. The molecule has 2 fully saturated rings. The van der Waals surface area contributed by atoms with E-state index in [2.05, 4.69) is 25.4 Å². The topological polar surface area (TPSA) is 32.3 Å². The molecule has 1 N–H and O–H groups in total. The highest BCUT2D eigenvalue weighted by Crippen LogP contribution is 2.42. The molecule has 14 heavy (non-hydrogen) atoms. The molecule has 1 aliphatic heterocycles. The van der Waals surface area contributed by atoms with E-state index >= 15 is 0 Å². The normalized spacial score (nSPS) is 31.2. The van der Waals surface area contributed by atoms with Crippen LogP contribution in [0.15, 0.2) is 0 Å². The molecular formula is C10H18N2OS. The van der Waals surface area contributed by atoms with Crippen molar-refractivity contribution in [3.63, 3.8) is 0 Å². The Kier molecular flexibility index (Phi) is 2.52. The summed E-state index contributed by atoms with van der Waals surface area (Å²) in [6.45, 7) is 5.12. The molecule has 1 heterocycles. The van der Waals surface area contributed by atoms with E-state index in [1.807, 2.05) is 16.7 Å². The van der Waals surface area contributed by atoms with Gasteiger partial charge in [-0.05, 0) is 26.0 Å². The van der Waals surface area contributed by atoms with Gasteiger partial charge in [0.2, 0.25) is 5.91 Å². The van der Waals surface area contributed by atoms with Gasteiger partial charge in [-0.2, -0.15) is 11.8 Å². The van der Waals surface area contributed by atoms with Gasteiger partial charge in [0, 0.05) is 11.8 Å². The first-order chi connectivity index (χ1) is 6.59. The summed E-state index contributed by atoms with van der Waals surface area (Å²) >= 11 is 1.81. The molecule has 2 atom stereocenters. The standard InChI is InChI=1S/C10H18N2OS/c1-7(14-3)6-12-8(2)11-10(4-5-10)9(12)13/h7-8,11H,4-6H2,1-3H3. The van der Waals surface area contributed by atoms with Crippen molar-refractivity contribution in [3.8, 4) is 0 Å². The molecule has 1 aliphatic carbocycles. The van der Waals surface area contributed by atoms with E-state index < -0.39 is 0 Å². The molecule has 0 aromatic heterocycles. The smallest absolute Gasteiger partial charge is 0.244 e. The third-order valence-corrected chi connectivity index (χ3v) is 4.18. The van der Waals surface area contributed by atoms with E-state index in [0.29, 0.717) is 11.2 Å². The fourth-order valence-electron chi connectivity index (χ4n) is 2.07. The maximum Gasteiger partial charge on any atom is 0.244 e. The van der Waals surface area contributed by atoms with Crippen LogP contribution in [0.25, 0.3) is 0 Å². The van der Waals surface area contributed by atoms with Crippen molar-refractivity contribution in [2.75, 3.05) is 12.8 Å². The number of nitrogens with one attached hydrogen (secondary N) is 1. The zero-order valence-electron chi connectivity index (χ0n) is 9.04. The van der Waals surface area contributed by atoms with Crippen LogP contribution in [0.3, 0.4) is 0 Å². The molecule has 0 aromatic carbocycles. The summed E-state index contributed by atoms with van der Waals surface area (Å²) in [5.41, 5.74) is -0.141. The first-order valence-electron chi connectivity index (χ1n) is 5.20. The van der Waals surface area contributed by atoms with Gasteiger partial charge in [-0.3, -0.25) is 10.1 Å². The zero-order valence-corrected chi connectivity index (χ0v) is 9.86. The summed E-state index contributed by atoms with van der Waals surface area (Å²) in [4.78, 5) is 14.0. The zero-order chi connectivity index (χ0) is 10.3. The van der Waals surface area contributed by atoms with Gasteiger partial charge in [-0.15, -0.1) is 0 Å². The SMILES string of the molecule is CSC(C)CN1C(=O)C2(CC2)NC1C. The third kappa shape index (κ3) is 1.54. The van der Waals surface area contributed by atoms with Gasteiger partial charge in [0.15, 0.2) is 0 Å². The van der Waals surface area contributed by atoms with Crippen LogP contribution in [0.2, 0.25) is 0 Å². The second-order valence-electron chi connectivity index (χ2n) is 4.41. The van der Waals surface area contributed by atoms with Crippen LogP contribution in [0, 0.1) is 0 Å². The van der Waals surface area contributed by atoms with Crippen LogP contribution < -0.4 is 5.32 Å². The minimum atomic E-state index is -0.141. The number of hydrogen-bond donors (Lipinski definition) is 1. The van der Waals surface area contributed by atoms with E-state index in [0.717, 1.165) is 19.4 Å². The van der Waals surface area contributed by atoms with Crippen LogP contribution >= 0.6 is 11.8 Å². The molecule has 1 saturated heterocycles. The van der Waals surface area contributed by atoms with Crippen LogP contribution in [-0.4, -0.2) is 40.6 Å². The predicted molar refractivity (Wildman–Crippen MR) is 59.3 cm³/mol. The number of nitrogens with zero attached hydrogens (tertiary/aromatic N) is 1. The molecule has 2 rings (SSSR count). The van der Waals surface area contributed by atoms with E-state index in [1.165, 1.54) is 0 Å². The number of carbonyl (C=O) groups is 1. The molecular weight excluding hydrogens is 196 g/mol. The van der Waals surface area contributed by atoms with Gasteiger partial charge in [0.25, 0.3) is 0 Å². The first-order valence-corrected chi connectivity index (χ1v) is 6.49. The molecule has 2 aliphatic rings. The first kappa shape index (κ1) is 10.3. The van der Waals surface area contributed by atoms with Gasteiger partial charge in [-0.1, -0.05) is 6.92 Å². The molecule has 2 unspecified atom stereocenters. The van der Waals surface area contributed by atoms with Crippen molar-refractivity contribution in [3.05, 3.63) is 0 Å². The Morgan fingerprint density at radius 1 is 1.71 bits per heavy atom. The average molecular weight is 214 g/mol. The van der Waals surface area contributed by atoms with Gasteiger partial charge in [0.1, 0.15) is 0 Å². The van der Waals surface area contributed by atoms with Crippen molar-refractivity contribution in [1.29, 1.82) is 0 Å². The van der Waals surface area contributed by atoms with Crippen molar-refractivity contribution < 1.29 is 4.79 Å². The summed E-state index contributed by atoms with van der Waals surface area (Å²) in [6, 6.07) is 0. The summed E-state index contributed by atoms with van der Waals surface area (Å²) in [5, 5.41) is 3.93. The fraction of sp³-hybridized carbons (Fsp3) is 0.900. The van der Waals surface area contributed by atoms with Crippen LogP contribution in [0.1, 0.15) is 26.7 Å². The lowest BCUT2D eigenvalue weighted by Crippen LogP contribution is -2.38. The highest BCUT2D eigenvalue weighted by Gasteiger charge is 2.57. The summed E-state index contributed by atoms with van der Waals surface area (Å²) < 4.78 is 0. The summed E-state index contributed by atoms with van der Waals surface area (Å²) in [7, 11) is 0. The average Bonchev–Trinajstić information content (AvgIpc) is 2.89. The van der Waals surface area contributed by atoms with Gasteiger partial charge in [0.05, 0.1) is 11.7 Å². The predicted octanol–water partition coefficient (Wildman–Crippen LogP) is 1.05. The second kappa shape index (κ2) is 3.42. The number of thioether (sulfide) groups is 1. The Labute approximate surface area is 89.6 Å². The monoisotopic (exact) mass is 214 g/mol. The molecule has 0 aromatic rings. The molecule has 80 valence electrons. The molecule has 1 amide bonds. The van der Waals surface area contributed by atoms with Crippen molar-refractivity contribution in [2.24, 2.45) is 0 Å². The van der Waals surface area contributed by atoms with E-state index in [4.69, 9.17) is 0 Å². The van der Waals surface area contributed by atoms with Crippen LogP contribution in [-0.2, 0) is 4.79 Å². The maximum absolute atomic E-state index is 12.0. The molecule has 1 saturated carbocycles. The Hall–Kier alpha value is -0.220. The molecule has 1 spiro atoms. The fourth-order valence-corrected chi connectivity index (χ4v) is 2.38. The van der Waals surface area contributed by atoms with E-state index in [-0.39, 0.29) is 11.7 Å². The number of hydrogen-bond acceptors (Lipinski definition) is 3. The minimum absolute atomic E-state index is 0.141. The summed E-state index contributed by atoms with van der Waals surface area (Å²) in [6.07, 6.45) is 4.37. The molecule has 0 bridgehead atoms. The lowest BCUT2D eigenvalue weighted by molar-refractivity contribution is -0.130. The second-order valence-corrected chi connectivity index (χ2v) is 5.68. The number of rotatable bonds is 3. The minimum Gasteiger partial charge on any atom is -0.325 e. The molecule has 3 nitrogen and oxygen atoms in total. The van der Waals surface area contributed by atoms with Crippen LogP contribution in [0.4, 0.5) is 0 Å². The maximum atomic E-state index is 12.0. The lowest BCUT2D eigenvalue weighted by atomic mass is 10.2. The Morgan fingerprint density at radius 3 is 2.79 bits per heavy atom. The highest BCUT2D eigenvalue weighted by molar-refractivity contribution is 7.99. The van der Waals surface area contributed by atoms with E-state index in [9.17, 15) is 4.79 Å². The van der Waals surface area contributed by atoms with Crippen molar-refractivity contribution >= 4 is 17.7 Å². The van der Waals surface area contributed by atoms with Crippen LogP contribution in [0.5, 0.6) is 0 Å². The number of amides is 1. The van der Waals surface area contributed by atoms with E-state index in [1.54, 1.807) is 0 Å². The van der Waals surface area contributed by atoms with Gasteiger partial charge >= 0.3 is 0 Å². The van der Waals surface area contributed by atoms with Crippen molar-refractivity contribution in [1.82, 2.24) is 10.2 Å². The third-order valence-electron chi connectivity index (χ3n) is 3.23. The number of carbonyl (C=O) groups excluding carboxylic acids is 1. The molecule has 4 heteroatoms. The Morgan fingerprint density at radius 2 is 2.36 bits per heavy atom.